The molecule has 0 aromatic heterocycles. The number of nitroso groups, excluding NO2 is 1. The van der Waals surface area contributed by atoms with Gasteiger partial charge in [-0.2, -0.15) is 0 Å². The van der Waals surface area contributed by atoms with Crippen LogP contribution in [0.25, 0.3) is 0 Å². The van der Waals surface area contributed by atoms with Gasteiger partial charge < -0.3 is 9.47 Å². The molecule has 0 aliphatic carbocycles. The number of carbonyl (C=O) groups is 1. The van der Waals surface area contributed by atoms with Crippen LogP contribution in [0.4, 0.5) is 5.69 Å². The summed E-state index contributed by atoms with van der Waals surface area (Å²) in [4.78, 5) is 22.1. The van der Waals surface area contributed by atoms with Gasteiger partial charge in [-0.3, -0.25) is 0 Å². The highest BCUT2D eigenvalue weighted by Gasteiger charge is 2.20. The average Bonchev–Trinajstić information content (AvgIpc) is 2.45. The number of carbonyl (C=O) groups excluding carboxylic acids is 1. The summed E-state index contributed by atoms with van der Waals surface area (Å²) < 4.78 is 10.5. The van der Waals surface area contributed by atoms with Crippen molar-refractivity contribution in [3.63, 3.8) is 0 Å². The van der Waals surface area contributed by atoms with Crippen molar-refractivity contribution in [2.45, 2.75) is 32.8 Å². The normalized spacial score (nSPS) is 11.9. The molecule has 0 fully saturated rings. The molecular formula is C14H19NO4. The van der Waals surface area contributed by atoms with Gasteiger partial charge in [0, 0.05) is 13.0 Å². The first-order valence-electron chi connectivity index (χ1n) is 6.41. The molecule has 0 bridgehead atoms. The van der Waals surface area contributed by atoms with E-state index in [1.165, 1.54) is 0 Å². The zero-order chi connectivity index (χ0) is 14.1. The molecule has 5 heteroatoms. The first-order chi connectivity index (χ1) is 9.21. The quantitative estimate of drug-likeness (QED) is 0.535. The highest BCUT2D eigenvalue weighted by atomic mass is 16.6. The fourth-order valence-electron chi connectivity index (χ4n) is 1.61. The van der Waals surface area contributed by atoms with E-state index in [4.69, 9.17) is 9.47 Å². The highest BCUT2D eigenvalue weighted by molar-refractivity contribution is 5.75. The lowest BCUT2D eigenvalue weighted by atomic mass is 10.1. The minimum atomic E-state index is -0.605. The largest absolute Gasteiger partial charge is 0.464 e. The van der Waals surface area contributed by atoms with Crippen LogP contribution in [0.15, 0.2) is 29.4 Å². The third-order valence-electron chi connectivity index (χ3n) is 2.54. The molecule has 0 aliphatic heterocycles. The second-order valence-corrected chi connectivity index (χ2v) is 4.07. The van der Waals surface area contributed by atoms with Crippen LogP contribution in [0.1, 0.15) is 25.8 Å². The Balaban J connectivity index is 2.65. The van der Waals surface area contributed by atoms with Crippen LogP contribution >= 0.6 is 0 Å². The van der Waals surface area contributed by atoms with E-state index in [1.54, 1.807) is 24.3 Å². The van der Waals surface area contributed by atoms with Crippen molar-refractivity contribution in [2.24, 2.45) is 5.18 Å². The van der Waals surface area contributed by atoms with Gasteiger partial charge in [0.15, 0.2) is 6.10 Å². The van der Waals surface area contributed by atoms with Crippen LogP contribution < -0.4 is 0 Å². The van der Waals surface area contributed by atoms with Crippen molar-refractivity contribution in [3.05, 3.63) is 34.7 Å². The van der Waals surface area contributed by atoms with Gasteiger partial charge in [0.05, 0.1) is 6.61 Å². The molecule has 1 aromatic carbocycles. The van der Waals surface area contributed by atoms with Gasteiger partial charge in [0.1, 0.15) is 5.69 Å². The molecule has 1 atom stereocenters. The molecule has 0 amide bonds. The van der Waals surface area contributed by atoms with Crippen LogP contribution in [0.5, 0.6) is 0 Å². The smallest absolute Gasteiger partial charge is 0.335 e. The van der Waals surface area contributed by atoms with Gasteiger partial charge >= 0.3 is 5.97 Å². The van der Waals surface area contributed by atoms with E-state index in [0.29, 0.717) is 25.3 Å². The number of esters is 1. The molecule has 0 aliphatic rings. The second-order valence-electron chi connectivity index (χ2n) is 4.07. The van der Waals surface area contributed by atoms with Gasteiger partial charge in [-0.15, -0.1) is 4.91 Å². The standard InChI is InChI=1S/C14H19NO4/c1-3-9-19-14(16)13(18-4-2)10-11-5-7-12(15-17)8-6-11/h5-8,13H,3-4,9-10H2,1-2H3. The lowest BCUT2D eigenvalue weighted by Crippen LogP contribution is -2.29. The fraction of sp³-hybridized carbons (Fsp3) is 0.500. The SMILES string of the molecule is CCCOC(=O)C(Cc1ccc(N=O)cc1)OCC. The topological polar surface area (TPSA) is 65.0 Å². The van der Waals surface area contributed by atoms with Crippen molar-refractivity contribution in [1.82, 2.24) is 0 Å². The molecule has 104 valence electrons. The van der Waals surface area contributed by atoms with Crippen molar-refractivity contribution >= 4 is 11.7 Å². The van der Waals surface area contributed by atoms with Crippen LogP contribution in [0, 0.1) is 4.91 Å². The molecule has 19 heavy (non-hydrogen) atoms. The summed E-state index contributed by atoms with van der Waals surface area (Å²) in [5.74, 6) is -0.346. The monoisotopic (exact) mass is 265 g/mol. The summed E-state index contributed by atoms with van der Waals surface area (Å²) in [5.41, 5.74) is 1.27. The summed E-state index contributed by atoms with van der Waals surface area (Å²) in [6, 6.07) is 6.75. The van der Waals surface area contributed by atoms with Crippen LogP contribution in [-0.4, -0.2) is 25.3 Å². The Kier molecular flexibility index (Phi) is 6.74. The second kappa shape index (κ2) is 8.37. The number of hydrogen-bond acceptors (Lipinski definition) is 5. The first-order valence-corrected chi connectivity index (χ1v) is 6.41. The fourth-order valence-corrected chi connectivity index (χ4v) is 1.61. The third-order valence-corrected chi connectivity index (χ3v) is 2.54. The van der Waals surface area contributed by atoms with E-state index in [9.17, 15) is 9.70 Å². The van der Waals surface area contributed by atoms with Gasteiger partial charge in [0.25, 0.3) is 0 Å². The average molecular weight is 265 g/mol. The molecule has 0 heterocycles. The predicted molar refractivity (Wildman–Crippen MR) is 72.3 cm³/mol. The van der Waals surface area contributed by atoms with Crippen LogP contribution in [-0.2, 0) is 20.7 Å². The Labute approximate surface area is 112 Å². The zero-order valence-corrected chi connectivity index (χ0v) is 11.3. The van der Waals surface area contributed by atoms with E-state index in [-0.39, 0.29) is 5.97 Å². The van der Waals surface area contributed by atoms with E-state index in [2.05, 4.69) is 5.18 Å². The molecule has 0 N–H and O–H groups in total. The number of hydrogen-bond donors (Lipinski definition) is 0. The minimum absolute atomic E-state index is 0.346. The molecule has 0 saturated carbocycles. The molecule has 5 nitrogen and oxygen atoms in total. The number of rotatable bonds is 8. The van der Waals surface area contributed by atoms with Gasteiger partial charge in [-0.25, -0.2) is 4.79 Å². The van der Waals surface area contributed by atoms with Crippen molar-refractivity contribution in [2.75, 3.05) is 13.2 Å². The Morgan fingerprint density at radius 1 is 1.26 bits per heavy atom. The minimum Gasteiger partial charge on any atom is -0.464 e. The summed E-state index contributed by atoms with van der Waals surface area (Å²) >= 11 is 0. The van der Waals surface area contributed by atoms with Gasteiger partial charge in [-0.05, 0) is 36.2 Å². The molecule has 1 unspecified atom stereocenters. The van der Waals surface area contributed by atoms with Crippen LogP contribution in [0.3, 0.4) is 0 Å². The number of benzene rings is 1. The Hall–Kier alpha value is -1.75. The highest BCUT2D eigenvalue weighted by Crippen LogP contribution is 2.15. The maximum atomic E-state index is 11.8. The summed E-state index contributed by atoms with van der Waals surface area (Å²) in [6.07, 6.45) is 0.603. The Morgan fingerprint density at radius 2 is 1.95 bits per heavy atom. The van der Waals surface area contributed by atoms with Crippen LogP contribution in [0.2, 0.25) is 0 Å². The van der Waals surface area contributed by atoms with Crippen molar-refractivity contribution in [1.29, 1.82) is 0 Å². The zero-order valence-electron chi connectivity index (χ0n) is 11.3. The number of nitrogens with zero attached hydrogens (tertiary/aromatic N) is 1. The lowest BCUT2D eigenvalue weighted by Gasteiger charge is -2.15. The third kappa shape index (κ3) is 5.18. The van der Waals surface area contributed by atoms with E-state index in [1.807, 2.05) is 13.8 Å². The van der Waals surface area contributed by atoms with Gasteiger partial charge in [0.2, 0.25) is 0 Å². The maximum absolute atomic E-state index is 11.8. The van der Waals surface area contributed by atoms with E-state index in [0.717, 1.165) is 12.0 Å². The molecular weight excluding hydrogens is 246 g/mol. The van der Waals surface area contributed by atoms with E-state index >= 15 is 0 Å². The first kappa shape index (κ1) is 15.3. The summed E-state index contributed by atoms with van der Waals surface area (Å²) in [7, 11) is 0. The lowest BCUT2D eigenvalue weighted by molar-refractivity contribution is -0.156. The number of ether oxygens (including phenoxy) is 2. The molecule has 1 rings (SSSR count). The Morgan fingerprint density at radius 3 is 2.47 bits per heavy atom. The molecule has 0 saturated heterocycles. The molecule has 0 radical (unpaired) electrons. The predicted octanol–water partition coefficient (Wildman–Crippen LogP) is 2.99. The summed E-state index contributed by atoms with van der Waals surface area (Å²) in [5, 5.41) is 2.83. The van der Waals surface area contributed by atoms with Crippen molar-refractivity contribution in [3.8, 4) is 0 Å². The van der Waals surface area contributed by atoms with Crippen molar-refractivity contribution < 1.29 is 14.3 Å². The summed E-state index contributed by atoms with van der Waals surface area (Å²) in [6.45, 7) is 4.61. The Bertz CT molecular complexity index is 402. The molecule has 0 spiro atoms. The molecule has 1 aromatic rings. The van der Waals surface area contributed by atoms with Gasteiger partial charge in [-0.1, -0.05) is 19.1 Å². The maximum Gasteiger partial charge on any atom is 0.335 e. The van der Waals surface area contributed by atoms with E-state index < -0.39 is 6.10 Å².